The molecular formula is C15H21NO4S. The molecule has 116 valence electrons. The number of piperidine rings is 1. The first-order valence-corrected chi connectivity index (χ1v) is 8.67. The highest BCUT2D eigenvalue weighted by Crippen LogP contribution is 2.29. The van der Waals surface area contributed by atoms with Gasteiger partial charge in [0.1, 0.15) is 0 Å². The van der Waals surface area contributed by atoms with Crippen LogP contribution in [0.3, 0.4) is 0 Å². The van der Waals surface area contributed by atoms with E-state index in [0.29, 0.717) is 12.1 Å². The molecule has 0 radical (unpaired) electrons. The zero-order valence-corrected chi connectivity index (χ0v) is 13.2. The molecule has 1 aliphatic heterocycles. The van der Waals surface area contributed by atoms with Gasteiger partial charge in [0.15, 0.2) is 0 Å². The number of benzene rings is 1. The van der Waals surface area contributed by atoms with Crippen molar-refractivity contribution in [2.75, 3.05) is 6.54 Å². The van der Waals surface area contributed by atoms with Crippen LogP contribution >= 0.6 is 0 Å². The molecule has 0 amide bonds. The van der Waals surface area contributed by atoms with E-state index in [2.05, 4.69) is 0 Å². The Morgan fingerprint density at radius 3 is 2.71 bits per heavy atom. The second-order valence-corrected chi connectivity index (χ2v) is 7.32. The molecular weight excluding hydrogens is 290 g/mol. The van der Waals surface area contributed by atoms with Crippen LogP contribution in [0.25, 0.3) is 0 Å². The Labute approximate surface area is 125 Å². The molecule has 1 fully saturated rings. The number of carbonyl (C=O) groups is 1. The van der Waals surface area contributed by atoms with Gasteiger partial charge in [-0.15, -0.1) is 0 Å². The molecule has 0 bridgehead atoms. The summed E-state index contributed by atoms with van der Waals surface area (Å²) in [6.07, 6.45) is 3.54. The van der Waals surface area contributed by atoms with E-state index in [9.17, 15) is 13.2 Å². The lowest BCUT2D eigenvalue weighted by Gasteiger charge is -2.34. The van der Waals surface area contributed by atoms with Crippen molar-refractivity contribution in [3.05, 3.63) is 29.3 Å². The maximum absolute atomic E-state index is 12.9. The average Bonchev–Trinajstić information content (AvgIpc) is 2.47. The van der Waals surface area contributed by atoms with E-state index >= 15 is 0 Å². The largest absolute Gasteiger partial charge is 0.478 e. The smallest absolute Gasteiger partial charge is 0.335 e. The van der Waals surface area contributed by atoms with Gasteiger partial charge in [-0.2, -0.15) is 4.31 Å². The van der Waals surface area contributed by atoms with Gasteiger partial charge in [-0.25, -0.2) is 13.2 Å². The van der Waals surface area contributed by atoms with Crippen molar-refractivity contribution in [1.82, 2.24) is 4.31 Å². The van der Waals surface area contributed by atoms with Crippen LogP contribution in [-0.4, -0.2) is 36.4 Å². The third-order valence-corrected chi connectivity index (χ3v) is 6.16. The maximum atomic E-state index is 12.9. The second-order valence-electron chi connectivity index (χ2n) is 5.46. The molecule has 1 saturated heterocycles. The maximum Gasteiger partial charge on any atom is 0.335 e. The molecule has 6 heteroatoms. The summed E-state index contributed by atoms with van der Waals surface area (Å²) in [6.45, 7) is 4.19. The Hall–Kier alpha value is -1.40. The second kappa shape index (κ2) is 6.15. The first kappa shape index (κ1) is 16.0. The van der Waals surface area contributed by atoms with E-state index in [1.54, 1.807) is 17.3 Å². The topological polar surface area (TPSA) is 74.7 Å². The molecule has 1 heterocycles. The monoisotopic (exact) mass is 311 g/mol. The third kappa shape index (κ3) is 3.11. The number of rotatable bonds is 4. The lowest BCUT2D eigenvalue weighted by Crippen LogP contribution is -2.43. The van der Waals surface area contributed by atoms with Gasteiger partial charge in [-0.3, -0.25) is 0 Å². The highest BCUT2D eigenvalue weighted by molar-refractivity contribution is 7.89. The number of aromatic carboxylic acids is 1. The fourth-order valence-electron chi connectivity index (χ4n) is 2.84. The number of carboxylic acid groups (broad SMARTS) is 1. The van der Waals surface area contributed by atoms with Crippen LogP contribution < -0.4 is 0 Å². The van der Waals surface area contributed by atoms with Gasteiger partial charge in [0, 0.05) is 12.6 Å². The fraction of sp³-hybridized carbons (Fsp3) is 0.533. The molecule has 1 N–H and O–H groups in total. The van der Waals surface area contributed by atoms with Crippen molar-refractivity contribution in [2.45, 2.75) is 50.5 Å². The normalized spacial score (nSPS) is 20.4. The van der Waals surface area contributed by atoms with Crippen molar-refractivity contribution in [1.29, 1.82) is 0 Å². The summed E-state index contributed by atoms with van der Waals surface area (Å²) in [5, 5.41) is 9.07. The first-order valence-electron chi connectivity index (χ1n) is 7.23. The number of aryl methyl sites for hydroxylation is 1. The van der Waals surface area contributed by atoms with Crippen LogP contribution in [0.15, 0.2) is 23.1 Å². The van der Waals surface area contributed by atoms with E-state index in [4.69, 9.17) is 5.11 Å². The van der Waals surface area contributed by atoms with Crippen molar-refractivity contribution < 1.29 is 18.3 Å². The van der Waals surface area contributed by atoms with Gasteiger partial charge in [0.2, 0.25) is 10.0 Å². The molecule has 21 heavy (non-hydrogen) atoms. The third-order valence-electron chi connectivity index (χ3n) is 4.07. The molecule has 1 aromatic rings. The predicted molar refractivity (Wildman–Crippen MR) is 80.0 cm³/mol. The van der Waals surface area contributed by atoms with E-state index < -0.39 is 16.0 Å². The van der Waals surface area contributed by atoms with Gasteiger partial charge in [0.05, 0.1) is 10.5 Å². The van der Waals surface area contributed by atoms with E-state index in [1.807, 2.05) is 6.92 Å². The fourth-order valence-corrected chi connectivity index (χ4v) is 4.86. The SMILES string of the molecule is CC[C@@H]1CCCCN1S(=O)(=O)c1cc(C(=O)O)ccc1C. The minimum absolute atomic E-state index is 0.00392. The van der Waals surface area contributed by atoms with Crippen molar-refractivity contribution in [3.8, 4) is 0 Å². The Bertz CT molecular complexity index is 639. The lowest BCUT2D eigenvalue weighted by atomic mass is 10.0. The number of carboxylic acids is 1. The summed E-state index contributed by atoms with van der Waals surface area (Å²) >= 11 is 0. The number of nitrogens with zero attached hydrogens (tertiary/aromatic N) is 1. The van der Waals surface area contributed by atoms with Crippen LogP contribution in [0.1, 0.15) is 48.5 Å². The Kier molecular flexibility index (Phi) is 4.68. The van der Waals surface area contributed by atoms with Crippen molar-refractivity contribution >= 4 is 16.0 Å². The van der Waals surface area contributed by atoms with Crippen molar-refractivity contribution in [3.63, 3.8) is 0 Å². The summed E-state index contributed by atoms with van der Waals surface area (Å²) in [5.74, 6) is -1.11. The molecule has 5 nitrogen and oxygen atoms in total. The number of hydrogen-bond acceptors (Lipinski definition) is 3. The van der Waals surface area contributed by atoms with Crippen LogP contribution in [0.4, 0.5) is 0 Å². The summed E-state index contributed by atoms with van der Waals surface area (Å²) in [7, 11) is -3.64. The molecule has 1 aliphatic rings. The Morgan fingerprint density at radius 2 is 2.10 bits per heavy atom. The molecule has 0 unspecified atom stereocenters. The average molecular weight is 311 g/mol. The van der Waals surface area contributed by atoms with Gasteiger partial charge >= 0.3 is 5.97 Å². The van der Waals surface area contributed by atoms with Crippen molar-refractivity contribution in [2.24, 2.45) is 0 Å². The molecule has 0 spiro atoms. The molecule has 2 rings (SSSR count). The highest BCUT2D eigenvalue weighted by Gasteiger charge is 2.33. The first-order chi connectivity index (χ1) is 9.87. The van der Waals surface area contributed by atoms with Crippen LogP contribution in [0.5, 0.6) is 0 Å². The summed E-state index contributed by atoms with van der Waals surface area (Å²) in [5.41, 5.74) is 0.588. The van der Waals surface area contributed by atoms with E-state index in [1.165, 1.54) is 12.1 Å². The quantitative estimate of drug-likeness (QED) is 0.927. The minimum Gasteiger partial charge on any atom is -0.478 e. The van der Waals surface area contributed by atoms with E-state index in [-0.39, 0.29) is 16.5 Å². The minimum atomic E-state index is -3.64. The highest BCUT2D eigenvalue weighted by atomic mass is 32.2. The standard InChI is InChI=1S/C15H21NO4S/c1-3-13-6-4-5-9-16(13)21(19,20)14-10-12(15(17)18)8-7-11(14)2/h7-8,10,13H,3-6,9H2,1-2H3,(H,17,18)/t13-/m1/s1. The molecule has 0 saturated carbocycles. The molecule has 0 aromatic heterocycles. The molecule has 1 atom stereocenters. The van der Waals surface area contributed by atoms with Gasteiger partial charge in [-0.1, -0.05) is 19.4 Å². The summed E-state index contributed by atoms with van der Waals surface area (Å²) in [4.78, 5) is 11.2. The molecule has 1 aromatic carbocycles. The van der Waals surface area contributed by atoms with Crippen LogP contribution in [-0.2, 0) is 10.0 Å². The van der Waals surface area contributed by atoms with Crippen LogP contribution in [0, 0.1) is 6.92 Å². The summed E-state index contributed by atoms with van der Waals surface area (Å²) in [6, 6.07) is 4.27. The van der Waals surface area contributed by atoms with Gasteiger partial charge in [-0.05, 0) is 43.9 Å². The molecule has 0 aliphatic carbocycles. The zero-order chi connectivity index (χ0) is 15.6. The Morgan fingerprint density at radius 1 is 1.38 bits per heavy atom. The van der Waals surface area contributed by atoms with Crippen LogP contribution in [0.2, 0.25) is 0 Å². The number of sulfonamides is 1. The zero-order valence-electron chi connectivity index (χ0n) is 12.4. The number of hydrogen-bond donors (Lipinski definition) is 1. The Balaban J connectivity index is 2.47. The van der Waals surface area contributed by atoms with E-state index in [0.717, 1.165) is 25.7 Å². The van der Waals surface area contributed by atoms with Gasteiger partial charge in [0.25, 0.3) is 0 Å². The van der Waals surface area contributed by atoms with Gasteiger partial charge < -0.3 is 5.11 Å². The predicted octanol–water partition coefficient (Wildman–Crippen LogP) is 2.65. The lowest BCUT2D eigenvalue weighted by molar-refractivity contribution is 0.0696. The summed E-state index contributed by atoms with van der Waals surface area (Å²) < 4.78 is 27.3.